The molecule has 43 heavy (non-hydrogen) atoms. The number of rotatable bonds is 11. The minimum absolute atomic E-state index is 0.0314. The Morgan fingerprint density at radius 2 is 1.86 bits per heavy atom. The number of aliphatic hydroxyl groups excluding tert-OH is 2. The van der Waals surface area contributed by atoms with Crippen molar-refractivity contribution < 1.29 is 62.3 Å². The number of ether oxygens (including phenoxy) is 3. The Kier molecular flexibility index (Phi) is 8.52. The number of nitrogen functional groups attached to an aromatic ring is 1. The maximum Gasteiger partial charge on any atom is 0.342 e. The molecule has 0 saturated carbocycles. The van der Waals surface area contributed by atoms with Gasteiger partial charge in [-0.15, -0.1) is 0 Å². The van der Waals surface area contributed by atoms with Crippen LogP contribution in [0.15, 0.2) is 12.7 Å². The first-order valence-corrected chi connectivity index (χ1v) is 16.2. The summed E-state index contributed by atoms with van der Waals surface area (Å²) in [5.74, 6) is -2.13. The van der Waals surface area contributed by atoms with Crippen molar-refractivity contribution in [3.05, 3.63) is 34.9 Å². The lowest BCUT2D eigenvalue weighted by Crippen LogP contribution is -2.33. The van der Waals surface area contributed by atoms with Crippen LogP contribution in [0.3, 0.4) is 0 Å². The van der Waals surface area contributed by atoms with Crippen molar-refractivity contribution in [2.75, 3.05) is 32.0 Å². The van der Waals surface area contributed by atoms with Crippen LogP contribution in [0.2, 0.25) is 0 Å². The van der Waals surface area contributed by atoms with Gasteiger partial charge in [-0.25, -0.2) is 19.7 Å². The standard InChI is InChI=1S/C23H29N5O13P2/c1-10-12-5-38-23(32)14(12)16(29)11(19(10)37-2)3-4-39-42(33,34)9-43(35,36)40-6-13-17(30)18(31)22(41-13)28-8-27-15-20(24)25-7-26-21(15)28/h7-8,13,17-18,22,29-31H,3-6,9H2,1-2H3,(H,33,34)(H,35,36)(H2,24,25,26)/t13-,17?,18?,22-/m1/s1. The summed E-state index contributed by atoms with van der Waals surface area (Å²) in [7, 11) is -8.20. The Labute approximate surface area is 243 Å². The molecule has 0 amide bonds. The number of hydrogen-bond acceptors (Lipinski definition) is 15. The zero-order valence-electron chi connectivity index (χ0n) is 22.8. The predicted molar refractivity (Wildman–Crippen MR) is 144 cm³/mol. The van der Waals surface area contributed by atoms with E-state index in [0.29, 0.717) is 11.1 Å². The van der Waals surface area contributed by atoms with Crippen LogP contribution in [-0.4, -0.2) is 95.1 Å². The normalized spacial score (nSPS) is 24.5. The summed E-state index contributed by atoms with van der Waals surface area (Å²) < 4.78 is 52.5. The quantitative estimate of drug-likeness (QED) is 0.121. The number of hydrogen-bond donors (Lipinski definition) is 6. The smallest absolute Gasteiger partial charge is 0.342 e. The Hall–Kier alpha value is -3.18. The summed E-state index contributed by atoms with van der Waals surface area (Å²) in [5.41, 5.74) is 7.30. The fraction of sp³-hybridized carbons (Fsp3) is 0.478. The van der Waals surface area contributed by atoms with E-state index in [9.17, 15) is 39.0 Å². The highest BCUT2D eigenvalue weighted by molar-refractivity contribution is 7.70. The number of fused-ring (bicyclic) bond motifs is 2. The maximum absolute atomic E-state index is 12.7. The molecule has 0 radical (unpaired) electrons. The summed E-state index contributed by atoms with van der Waals surface area (Å²) in [6.45, 7) is 0.386. The van der Waals surface area contributed by atoms with Crippen molar-refractivity contribution in [2.45, 2.75) is 44.5 Å². The first-order valence-electron chi connectivity index (χ1n) is 12.7. The SMILES string of the molecule is COc1c(C)c2c(c(O)c1CCOP(=O)(O)CP(=O)(O)OC[C@H]1O[C@@H](n3cnc4c(N)ncnc43)C(O)C1O)C(=O)OC2. The number of methoxy groups -OCH3 is 1. The van der Waals surface area contributed by atoms with Crippen molar-refractivity contribution >= 4 is 38.1 Å². The van der Waals surface area contributed by atoms with Gasteiger partial charge in [0.25, 0.3) is 0 Å². The minimum atomic E-state index is -4.80. The van der Waals surface area contributed by atoms with Gasteiger partial charge in [0.15, 0.2) is 23.6 Å². The Morgan fingerprint density at radius 1 is 1.14 bits per heavy atom. The number of esters is 1. The van der Waals surface area contributed by atoms with Crippen LogP contribution in [0.25, 0.3) is 11.2 Å². The van der Waals surface area contributed by atoms with Gasteiger partial charge in [0.05, 0.1) is 26.7 Å². The van der Waals surface area contributed by atoms with E-state index in [2.05, 4.69) is 15.0 Å². The van der Waals surface area contributed by atoms with Crippen LogP contribution in [0.1, 0.15) is 33.3 Å². The third-order valence-corrected chi connectivity index (χ3v) is 11.1. The van der Waals surface area contributed by atoms with Gasteiger partial charge < -0.3 is 54.1 Å². The number of nitrogens with two attached hydrogens (primary N) is 1. The number of nitrogens with zero attached hydrogens (tertiary/aromatic N) is 4. The molecule has 5 rings (SSSR count). The van der Waals surface area contributed by atoms with Gasteiger partial charge >= 0.3 is 21.2 Å². The number of benzene rings is 1. The number of aromatic hydroxyl groups is 1. The molecule has 1 fully saturated rings. The van der Waals surface area contributed by atoms with E-state index in [0.717, 1.165) is 0 Å². The van der Waals surface area contributed by atoms with Crippen molar-refractivity contribution in [1.29, 1.82) is 0 Å². The van der Waals surface area contributed by atoms with Crippen LogP contribution in [0.4, 0.5) is 5.82 Å². The molecule has 20 heteroatoms. The number of imidazole rings is 1. The van der Waals surface area contributed by atoms with Crippen LogP contribution in [0, 0.1) is 6.92 Å². The molecule has 2 aliphatic rings. The van der Waals surface area contributed by atoms with Gasteiger partial charge in [0, 0.05) is 17.5 Å². The fourth-order valence-corrected chi connectivity index (χ4v) is 8.23. The highest BCUT2D eigenvalue weighted by Gasteiger charge is 2.46. The average Bonchev–Trinajstić information content (AvgIpc) is 3.62. The molecule has 1 aromatic carbocycles. The fourth-order valence-electron chi connectivity index (χ4n) is 5.01. The summed E-state index contributed by atoms with van der Waals surface area (Å²) in [4.78, 5) is 44.5. The molecule has 234 valence electrons. The van der Waals surface area contributed by atoms with Crippen LogP contribution in [-0.2, 0) is 40.7 Å². The number of carbonyl (C=O) groups excluding carboxylic acids is 1. The van der Waals surface area contributed by atoms with E-state index >= 15 is 0 Å². The molecule has 0 bridgehead atoms. The molecule has 7 N–H and O–H groups in total. The number of phenols is 1. The van der Waals surface area contributed by atoms with E-state index in [1.165, 1.54) is 24.3 Å². The minimum Gasteiger partial charge on any atom is -0.507 e. The lowest BCUT2D eigenvalue weighted by Gasteiger charge is -2.20. The number of cyclic esters (lactones) is 1. The molecule has 18 nitrogen and oxygen atoms in total. The molecule has 0 aliphatic carbocycles. The summed E-state index contributed by atoms with van der Waals surface area (Å²) >= 11 is 0. The lowest BCUT2D eigenvalue weighted by molar-refractivity contribution is -0.0483. The maximum atomic E-state index is 12.7. The Balaban J connectivity index is 1.19. The molecule has 2 aliphatic heterocycles. The van der Waals surface area contributed by atoms with E-state index in [1.807, 2.05) is 0 Å². The number of aliphatic hydroxyl groups is 2. The molecule has 2 aromatic heterocycles. The van der Waals surface area contributed by atoms with Crippen molar-refractivity contribution in [3.8, 4) is 11.5 Å². The number of aromatic nitrogens is 4. The van der Waals surface area contributed by atoms with E-state index in [-0.39, 0.29) is 46.9 Å². The first-order chi connectivity index (χ1) is 20.2. The predicted octanol–water partition coefficient (Wildman–Crippen LogP) is 0.325. The topological polar surface area (TPSA) is 268 Å². The highest BCUT2D eigenvalue weighted by Crippen LogP contribution is 2.58. The van der Waals surface area contributed by atoms with E-state index in [4.69, 9.17) is 29.0 Å². The van der Waals surface area contributed by atoms with E-state index < -0.39 is 70.6 Å². The zero-order valence-corrected chi connectivity index (χ0v) is 24.6. The van der Waals surface area contributed by atoms with Crippen molar-refractivity contribution in [2.24, 2.45) is 0 Å². The molecule has 1 saturated heterocycles. The zero-order chi connectivity index (χ0) is 31.3. The second kappa shape index (κ2) is 11.7. The molecule has 3 aromatic rings. The molecule has 4 unspecified atom stereocenters. The number of carbonyl (C=O) groups is 1. The first kappa shape index (κ1) is 31.3. The second-order valence-electron chi connectivity index (χ2n) is 9.84. The van der Waals surface area contributed by atoms with Crippen LogP contribution in [0.5, 0.6) is 11.5 Å². The molecule has 4 heterocycles. The Morgan fingerprint density at radius 3 is 2.58 bits per heavy atom. The monoisotopic (exact) mass is 645 g/mol. The third-order valence-electron chi connectivity index (χ3n) is 7.09. The number of anilines is 1. The summed E-state index contributed by atoms with van der Waals surface area (Å²) in [5, 5.41) is 31.6. The van der Waals surface area contributed by atoms with Crippen LogP contribution >= 0.6 is 15.2 Å². The van der Waals surface area contributed by atoms with Gasteiger partial charge in [0.1, 0.15) is 53.8 Å². The van der Waals surface area contributed by atoms with Gasteiger partial charge in [-0.2, -0.15) is 0 Å². The molecular formula is C23H29N5O13P2. The summed E-state index contributed by atoms with van der Waals surface area (Å²) in [6, 6.07) is 0. The summed E-state index contributed by atoms with van der Waals surface area (Å²) in [6.07, 6.45) is -3.39. The molecule has 0 spiro atoms. The molecule has 6 atom stereocenters. The van der Waals surface area contributed by atoms with E-state index in [1.54, 1.807) is 6.92 Å². The third kappa shape index (κ3) is 5.98. The van der Waals surface area contributed by atoms with Gasteiger partial charge in [-0.3, -0.25) is 13.7 Å². The number of phenolic OH excluding ortho intramolecular Hbond substituents is 1. The van der Waals surface area contributed by atoms with Crippen molar-refractivity contribution in [3.63, 3.8) is 0 Å². The molecular weight excluding hydrogens is 616 g/mol. The van der Waals surface area contributed by atoms with Crippen molar-refractivity contribution in [1.82, 2.24) is 19.5 Å². The van der Waals surface area contributed by atoms with Gasteiger partial charge in [-0.1, -0.05) is 0 Å². The lowest BCUT2D eigenvalue weighted by atomic mass is 9.95. The van der Waals surface area contributed by atoms with Gasteiger partial charge in [-0.05, 0) is 12.5 Å². The Bertz CT molecular complexity index is 1670. The highest BCUT2D eigenvalue weighted by atomic mass is 31.2. The average molecular weight is 645 g/mol. The van der Waals surface area contributed by atoms with Crippen LogP contribution < -0.4 is 10.5 Å². The largest absolute Gasteiger partial charge is 0.507 e. The van der Waals surface area contributed by atoms with Gasteiger partial charge in [0.2, 0.25) is 0 Å². The second-order valence-corrected chi connectivity index (χ2v) is 14.0.